The van der Waals surface area contributed by atoms with E-state index < -0.39 is 0 Å². The van der Waals surface area contributed by atoms with Gasteiger partial charge in [-0.15, -0.1) is 6.58 Å². The number of hydrogen-bond donors (Lipinski definition) is 1. The van der Waals surface area contributed by atoms with Crippen LogP contribution in [-0.2, 0) is 4.79 Å². The fourth-order valence-corrected chi connectivity index (χ4v) is 2.49. The van der Waals surface area contributed by atoms with E-state index in [0.717, 1.165) is 19.4 Å². The van der Waals surface area contributed by atoms with E-state index in [2.05, 4.69) is 11.9 Å². The Hall–Kier alpha value is -1.52. The molecule has 0 aliphatic carbocycles. The molecule has 2 aliphatic rings. The van der Waals surface area contributed by atoms with Gasteiger partial charge in [0.25, 0.3) is 0 Å². The predicted octanol–water partition coefficient (Wildman–Crippen LogP) is 0.579. The highest BCUT2D eigenvalue weighted by Gasteiger charge is 2.30. The number of amides is 3. The topological polar surface area (TPSA) is 52.7 Å². The molecular formula is C12H19N3O2. The number of nitrogens with zero attached hydrogens (tertiary/aromatic N) is 2. The summed E-state index contributed by atoms with van der Waals surface area (Å²) in [5, 5.41) is 2.76. The minimum atomic E-state index is -0.0167. The van der Waals surface area contributed by atoms with Gasteiger partial charge in [0.2, 0.25) is 5.91 Å². The maximum Gasteiger partial charge on any atom is 0.317 e. The van der Waals surface area contributed by atoms with Gasteiger partial charge in [0.05, 0.1) is 0 Å². The van der Waals surface area contributed by atoms with E-state index in [-0.39, 0.29) is 18.0 Å². The molecule has 1 unspecified atom stereocenters. The molecule has 0 spiro atoms. The highest BCUT2D eigenvalue weighted by Crippen LogP contribution is 2.21. The van der Waals surface area contributed by atoms with Crippen LogP contribution in [0.2, 0.25) is 0 Å². The van der Waals surface area contributed by atoms with Crippen molar-refractivity contribution < 1.29 is 9.59 Å². The number of urea groups is 1. The summed E-state index contributed by atoms with van der Waals surface area (Å²) in [6, 6.07) is 0.266. The lowest BCUT2D eigenvalue weighted by Crippen LogP contribution is -2.40. The van der Waals surface area contributed by atoms with Crippen molar-refractivity contribution in [1.82, 2.24) is 15.1 Å². The molecule has 0 saturated carbocycles. The minimum absolute atomic E-state index is 0.0167. The maximum atomic E-state index is 11.7. The second kappa shape index (κ2) is 5.21. The van der Waals surface area contributed by atoms with Gasteiger partial charge < -0.3 is 15.1 Å². The van der Waals surface area contributed by atoms with Crippen molar-refractivity contribution in [2.45, 2.75) is 25.3 Å². The molecule has 2 fully saturated rings. The van der Waals surface area contributed by atoms with Crippen LogP contribution in [0, 0.1) is 0 Å². The first kappa shape index (κ1) is 12.0. The Bertz CT molecular complexity index is 330. The Kier molecular flexibility index (Phi) is 3.66. The molecular weight excluding hydrogens is 218 g/mol. The summed E-state index contributed by atoms with van der Waals surface area (Å²) in [6.07, 6.45) is 4.25. The molecule has 2 saturated heterocycles. The number of carbonyl (C=O) groups excluding carboxylic acids is 2. The number of carbonyl (C=O) groups is 2. The molecule has 3 amide bonds. The fourth-order valence-electron chi connectivity index (χ4n) is 2.49. The van der Waals surface area contributed by atoms with Gasteiger partial charge >= 0.3 is 6.03 Å². The quantitative estimate of drug-likeness (QED) is 0.711. The van der Waals surface area contributed by atoms with Crippen LogP contribution < -0.4 is 5.32 Å². The molecule has 0 aromatic rings. The van der Waals surface area contributed by atoms with Crippen LogP contribution in [0.15, 0.2) is 12.7 Å². The second-order valence-corrected chi connectivity index (χ2v) is 4.52. The average Bonchev–Trinajstić information content (AvgIpc) is 2.85. The number of rotatable bonds is 5. The van der Waals surface area contributed by atoms with Gasteiger partial charge in [-0.3, -0.25) is 4.79 Å². The van der Waals surface area contributed by atoms with Crippen LogP contribution in [0.4, 0.5) is 4.79 Å². The molecule has 2 rings (SSSR count). The lowest BCUT2D eigenvalue weighted by atomic mass is 10.1. The van der Waals surface area contributed by atoms with E-state index in [0.29, 0.717) is 26.1 Å². The molecule has 5 nitrogen and oxygen atoms in total. The summed E-state index contributed by atoms with van der Waals surface area (Å²) in [7, 11) is 0. The van der Waals surface area contributed by atoms with Gasteiger partial charge in [-0.1, -0.05) is 6.08 Å². The SMILES string of the molecule is C=CCC1CCC(=O)N1CCN1CCNC1=O. The summed E-state index contributed by atoms with van der Waals surface area (Å²) in [5.41, 5.74) is 0. The number of hydrogen-bond acceptors (Lipinski definition) is 2. The molecule has 1 atom stereocenters. The van der Waals surface area contributed by atoms with Crippen LogP contribution in [-0.4, -0.2) is 54.0 Å². The van der Waals surface area contributed by atoms with Gasteiger partial charge in [-0.2, -0.15) is 0 Å². The normalized spacial score (nSPS) is 24.4. The van der Waals surface area contributed by atoms with E-state index in [1.54, 1.807) is 4.90 Å². The van der Waals surface area contributed by atoms with E-state index in [1.165, 1.54) is 0 Å². The third kappa shape index (κ3) is 2.60. The Balaban J connectivity index is 1.85. The first-order chi connectivity index (χ1) is 8.22. The standard InChI is InChI=1S/C12H19N3O2/c1-2-3-10-4-5-11(16)15(10)9-8-14-7-6-13-12(14)17/h2,10H,1,3-9H2,(H,13,17). The molecule has 1 N–H and O–H groups in total. The van der Waals surface area contributed by atoms with Crippen molar-refractivity contribution >= 4 is 11.9 Å². The first-order valence-corrected chi connectivity index (χ1v) is 6.15. The molecule has 2 heterocycles. The minimum Gasteiger partial charge on any atom is -0.338 e. The molecule has 0 aromatic carbocycles. The molecule has 17 heavy (non-hydrogen) atoms. The van der Waals surface area contributed by atoms with Crippen LogP contribution in [0.5, 0.6) is 0 Å². The summed E-state index contributed by atoms with van der Waals surface area (Å²) in [4.78, 5) is 26.7. The summed E-state index contributed by atoms with van der Waals surface area (Å²) in [6.45, 7) is 6.45. The zero-order valence-electron chi connectivity index (χ0n) is 10.0. The Morgan fingerprint density at radius 2 is 2.24 bits per heavy atom. The highest BCUT2D eigenvalue weighted by molar-refractivity contribution is 5.79. The first-order valence-electron chi connectivity index (χ1n) is 6.15. The lowest BCUT2D eigenvalue weighted by molar-refractivity contribution is -0.129. The van der Waals surface area contributed by atoms with E-state index in [4.69, 9.17) is 0 Å². The van der Waals surface area contributed by atoms with Crippen LogP contribution in [0.3, 0.4) is 0 Å². The van der Waals surface area contributed by atoms with Crippen LogP contribution in [0.1, 0.15) is 19.3 Å². The molecule has 94 valence electrons. The van der Waals surface area contributed by atoms with Crippen molar-refractivity contribution in [2.75, 3.05) is 26.2 Å². The molecule has 0 radical (unpaired) electrons. The van der Waals surface area contributed by atoms with E-state index in [1.807, 2.05) is 11.0 Å². The van der Waals surface area contributed by atoms with Gasteiger partial charge in [0.15, 0.2) is 0 Å². The fraction of sp³-hybridized carbons (Fsp3) is 0.667. The molecule has 0 aromatic heterocycles. The largest absolute Gasteiger partial charge is 0.338 e. The summed E-state index contributed by atoms with van der Waals surface area (Å²) < 4.78 is 0. The molecule has 5 heteroatoms. The zero-order chi connectivity index (χ0) is 12.3. The zero-order valence-corrected chi connectivity index (χ0v) is 10.0. The Labute approximate surface area is 101 Å². The monoisotopic (exact) mass is 237 g/mol. The Morgan fingerprint density at radius 3 is 2.88 bits per heavy atom. The second-order valence-electron chi connectivity index (χ2n) is 4.52. The lowest BCUT2D eigenvalue weighted by Gasteiger charge is -2.26. The number of likely N-dealkylation sites (tertiary alicyclic amines) is 1. The number of nitrogens with one attached hydrogen (secondary N) is 1. The van der Waals surface area contributed by atoms with Crippen molar-refractivity contribution in [3.63, 3.8) is 0 Å². The highest BCUT2D eigenvalue weighted by atomic mass is 16.2. The van der Waals surface area contributed by atoms with Gasteiger partial charge in [0, 0.05) is 38.6 Å². The van der Waals surface area contributed by atoms with Crippen LogP contribution >= 0.6 is 0 Å². The molecule has 0 bridgehead atoms. The van der Waals surface area contributed by atoms with Gasteiger partial charge in [0.1, 0.15) is 0 Å². The molecule has 2 aliphatic heterocycles. The average molecular weight is 237 g/mol. The summed E-state index contributed by atoms with van der Waals surface area (Å²) in [5.74, 6) is 0.205. The third-order valence-electron chi connectivity index (χ3n) is 3.45. The van der Waals surface area contributed by atoms with Gasteiger partial charge in [-0.05, 0) is 12.8 Å². The third-order valence-corrected chi connectivity index (χ3v) is 3.45. The van der Waals surface area contributed by atoms with Crippen LogP contribution in [0.25, 0.3) is 0 Å². The smallest absolute Gasteiger partial charge is 0.317 e. The summed E-state index contributed by atoms with van der Waals surface area (Å²) >= 11 is 0. The predicted molar refractivity (Wildman–Crippen MR) is 64.5 cm³/mol. The Morgan fingerprint density at radius 1 is 1.41 bits per heavy atom. The van der Waals surface area contributed by atoms with Crippen molar-refractivity contribution in [2.24, 2.45) is 0 Å². The van der Waals surface area contributed by atoms with E-state index >= 15 is 0 Å². The van der Waals surface area contributed by atoms with E-state index in [9.17, 15) is 9.59 Å². The van der Waals surface area contributed by atoms with Crippen molar-refractivity contribution in [3.8, 4) is 0 Å². The maximum absolute atomic E-state index is 11.7. The van der Waals surface area contributed by atoms with Gasteiger partial charge in [-0.25, -0.2) is 4.79 Å². The van der Waals surface area contributed by atoms with Crippen molar-refractivity contribution in [1.29, 1.82) is 0 Å². The van der Waals surface area contributed by atoms with Crippen molar-refractivity contribution in [3.05, 3.63) is 12.7 Å².